The summed E-state index contributed by atoms with van der Waals surface area (Å²) in [6.07, 6.45) is 5.07. The number of nitrogens with zero attached hydrogens (tertiary/aromatic N) is 5. The van der Waals surface area contributed by atoms with Crippen LogP contribution in [0.3, 0.4) is 0 Å². The van der Waals surface area contributed by atoms with Crippen LogP contribution in [0.25, 0.3) is 10.9 Å². The molecule has 11 nitrogen and oxygen atoms in total. The first kappa shape index (κ1) is 25.8. The van der Waals surface area contributed by atoms with E-state index in [1.165, 1.54) is 0 Å². The highest BCUT2D eigenvalue weighted by molar-refractivity contribution is 6.09. The van der Waals surface area contributed by atoms with Gasteiger partial charge in [0.1, 0.15) is 0 Å². The third kappa shape index (κ3) is 5.40. The van der Waals surface area contributed by atoms with Crippen molar-refractivity contribution in [3.8, 4) is 0 Å². The Morgan fingerprint density at radius 1 is 1.21 bits per heavy atom. The fourth-order valence-corrected chi connectivity index (χ4v) is 5.37. The van der Waals surface area contributed by atoms with Gasteiger partial charge in [-0.1, -0.05) is 13.0 Å². The number of benzene rings is 1. The molecule has 2 aromatic heterocycles. The lowest BCUT2D eigenvalue weighted by Crippen LogP contribution is -2.55. The molecule has 0 aliphatic carbocycles. The molecule has 1 amide bonds. The van der Waals surface area contributed by atoms with E-state index in [4.69, 9.17) is 17.2 Å². The average molecular weight is 517 g/mol. The number of aromatic nitrogens is 2. The molecule has 4 heterocycles. The van der Waals surface area contributed by atoms with Crippen molar-refractivity contribution >= 4 is 45.8 Å². The van der Waals surface area contributed by atoms with Gasteiger partial charge in [-0.25, -0.2) is 4.98 Å². The van der Waals surface area contributed by atoms with Gasteiger partial charge in [-0.3, -0.25) is 14.8 Å². The van der Waals surface area contributed by atoms with Gasteiger partial charge in [-0.2, -0.15) is 0 Å². The molecule has 11 heteroatoms. The molecule has 200 valence electrons. The molecule has 0 radical (unpaired) electrons. The molecule has 2 saturated heterocycles. The molecule has 0 bridgehead atoms. The molecule has 3 unspecified atom stereocenters. The zero-order valence-corrected chi connectivity index (χ0v) is 21.7. The summed E-state index contributed by atoms with van der Waals surface area (Å²) in [6, 6.07) is 9.62. The van der Waals surface area contributed by atoms with Crippen LogP contribution in [0, 0.1) is 5.92 Å². The molecule has 0 saturated carbocycles. The van der Waals surface area contributed by atoms with Gasteiger partial charge in [-0.15, -0.1) is 0 Å². The monoisotopic (exact) mass is 516 g/mol. The van der Waals surface area contributed by atoms with Gasteiger partial charge in [0.05, 0.1) is 34.8 Å². The minimum atomic E-state index is -0.383. The largest absolute Gasteiger partial charge is 0.397 e. The number of nitrogens with one attached hydrogen (secondary N) is 2. The number of rotatable bonds is 6. The summed E-state index contributed by atoms with van der Waals surface area (Å²) >= 11 is 0. The number of piperazine rings is 1. The predicted octanol–water partition coefficient (Wildman–Crippen LogP) is 1.06. The first-order valence-electron chi connectivity index (χ1n) is 13.1. The summed E-state index contributed by atoms with van der Waals surface area (Å²) in [6.45, 7) is 7.58. The van der Waals surface area contributed by atoms with Gasteiger partial charge in [0.2, 0.25) is 0 Å². The number of nitrogens with two attached hydrogens (primary N) is 3. The maximum Gasteiger partial charge on any atom is 0.276 e. The van der Waals surface area contributed by atoms with Gasteiger partial charge in [-0.05, 0) is 30.2 Å². The average Bonchev–Trinajstić information content (AvgIpc) is 2.92. The first-order chi connectivity index (χ1) is 18.4. The Morgan fingerprint density at radius 2 is 2.03 bits per heavy atom. The number of carbonyl (C=O) groups excluding carboxylic acids is 1. The van der Waals surface area contributed by atoms with E-state index in [0.717, 1.165) is 55.0 Å². The highest BCUT2D eigenvalue weighted by Crippen LogP contribution is 2.31. The van der Waals surface area contributed by atoms with Gasteiger partial charge < -0.3 is 37.6 Å². The SMILES string of the molecule is CC1CN(c2ccncc2NC(=O)c2nc3cc(N4CCNCC4)ccc3cc2N)CC(N)C1N=CCN. The van der Waals surface area contributed by atoms with Gasteiger partial charge in [0.15, 0.2) is 5.69 Å². The smallest absolute Gasteiger partial charge is 0.276 e. The molecule has 0 spiro atoms. The summed E-state index contributed by atoms with van der Waals surface area (Å²) in [5.74, 6) is -0.174. The van der Waals surface area contributed by atoms with Crippen molar-refractivity contribution in [2.75, 3.05) is 66.7 Å². The van der Waals surface area contributed by atoms with E-state index in [9.17, 15) is 4.79 Å². The molecule has 2 aliphatic rings. The third-order valence-corrected chi connectivity index (χ3v) is 7.26. The van der Waals surface area contributed by atoms with Crippen molar-refractivity contribution in [3.63, 3.8) is 0 Å². The Morgan fingerprint density at radius 3 is 2.79 bits per heavy atom. The topological polar surface area (TPSA) is 164 Å². The Hall–Kier alpha value is -3.80. The molecule has 38 heavy (non-hydrogen) atoms. The van der Waals surface area contributed by atoms with Crippen LogP contribution in [0.1, 0.15) is 17.4 Å². The summed E-state index contributed by atoms with van der Waals surface area (Å²) in [5, 5.41) is 7.25. The standard InChI is InChI=1S/C27H36N10O/c1-17-15-37(16-21(30)25(17)33-7-5-28)24-4-6-32-14-23(24)35-27(38)26-20(29)12-18-2-3-19(13-22(18)34-26)36-10-8-31-9-11-36/h2-4,6-7,12-14,17,21,25,31H,5,8-11,15-16,28-30H2,1H3,(H,35,38). The minimum absolute atomic E-state index is 0.00219. The Labute approximate surface area is 222 Å². The lowest BCUT2D eigenvalue weighted by molar-refractivity contribution is 0.102. The number of amides is 1. The number of piperidine rings is 1. The van der Waals surface area contributed by atoms with E-state index in [-0.39, 0.29) is 29.6 Å². The van der Waals surface area contributed by atoms with Crippen molar-refractivity contribution in [2.45, 2.75) is 19.0 Å². The zero-order chi connectivity index (χ0) is 26.6. The quantitative estimate of drug-likeness (QED) is 0.301. The van der Waals surface area contributed by atoms with Crippen LogP contribution in [0.4, 0.5) is 22.7 Å². The van der Waals surface area contributed by atoms with Crippen LogP contribution in [-0.2, 0) is 0 Å². The van der Waals surface area contributed by atoms with Crippen LogP contribution >= 0.6 is 0 Å². The van der Waals surface area contributed by atoms with Crippen LogP contribution in [-0.4, -0.2) is 80.0 Å². The lowest BCUT2D eigenvalue weighted by Gasteiger charge is -2.41. The van der Waals surface area contributed by atoms with Crippen LogP contribution in [0.2, 0.25) is 0 Å². The second kappa shape index (κ2) is 11.3. The van der Waals surface area contributed by atoms with Gasteiger partial charge >= 0.3 is 0 Å². The van der Waals surface area contributed by atoms with Crippen LogP contribution < -0.4 is 37.6 Å². The number of hydrogen-bond donors (Lipinski definition) is 5. The molecule has 3 atom stereocenters. The van der Waals surface area contributed by atoms with Crippen molar-refractivity contribution in [2.24, 2.45) is 22.4 Å². The van der Waals surface area contributed by atoms with Crippen molar-refractivity contribution < 1.29 is 4.79 Å². The first-order valence-corrected chi connectivity index (χ1v) is 13.1. The van der Waals surface area contributed by atoms with E-state index in [2.05, 4.69) is 48.4 Å². The highest BCUT2D eigenvalue weighted by atomic mass is 16.1. The maximum absolute atomic E-state index is 13.4. The van der Waals surface area contributed by atoms with E-state index >= 15 is 0 Å². The normalized spacial score (nSPS) is 22.2. The second-order valence-electron chi connectivity index (χ2n) is 9.99. The van der Waals surface area contributed by atoms with Crippen molar-refractivity contribution in [1.82, 2.24) is 15.3 Å². The molecule has 2 fully saturated rings. The van der Waals surface area contributed by atoms with E-state index in [1.807, 2.05) is 18.2 Å². The number of fused-ring (bicyclic) bond motifs is 1. The van der Waals surface area contributed by atoms with Gasteiger partial charge in [0, 0.05) is 75.3 Å². The van der Waals surface area contributed by atoms with E-state index in [1.54, 1.807) is 24.7 Å². The number of hydrogen-bond acceptors (Lipinski definition) is 10. The van der Waals surface area contributed by atoms with Crippen molar-refractivity contribution in [3.05, 3.63) is 48.4 Å². The number of nitrogen functional groups attached to an aromatic ring is 1. The molecule has 3 aromatic rings. The summed E-state index contributed by atoms with van der Waals surface area (Å²) in [7, 11) is 0. The Bertz CT molecular complexity index is 1310. The zero-order valence-electron chi connectivity index (χ0n) is 21.7. The van der Waals surface area contributed by atoms with E-state index < -0.39 is 0 Å². The van der Waals surface area contributed by atoms with E-state index in [0.29, 0.717) is 24.5 Å². The van der Waals surface area contributed by atoms with Gasteiger partial charge in [0.25, 0.3) is 5.91 Å². The maximum atomic E-state index is 13.4. The number of anilines is 4. The molecular formula is C27H36N10O. The third-order valence-electron chi connectivity index (χ3n) is 7.26. The van der Waals surface area contributed by atoms with Crippen LogP contribution in [0.5, 0.6) is 0 Å². The van der Waals surface area contributed by atoms with Crippen LogP contribution in [0.15, 0.2) is 47.7 Å². The molecular weight excluding hydrogens is 480 g/mol. The fourth-order valence-electron chi connectivity index (χ4n) is 5.37. The number of aliphatic imine (C=N–C) groups is 1. The lowest BCUT2D eigenvalue weighted by atomic mass is 9.90. The number of carbonyl (C=O) groups is 1. The highest BCUT2D eigenvalue weighted by Gasteiger charge is 2.33. The molecule has 2 aliphatic heterocycles. The summed E-state index contributed by atoms with van der Waals surface area (Å²) in [5.41, 5.74) is 22.1. The fraction of sp³-hybridized carbons (Fsp3) is 0.407. The Kier molecular flexibility index (Phi) is 7.68. The molecule has 5 rings (SSSR count). The van der Waals surface area contributed by atoms with Crippen molar-refractivity contribution in [1.29, 1.82) is 0 Å². The second-order valence-corrected chi connectivity index (χ2v) is 9.99. The summed E-state index contributed by atoms with van der Waals surface area (Å²) in [4.78, 5) is 31.4. The number of pyridine rings is 2. The molecule has 8 N–H and O–H groups in total. The Balaban J connectivity index is 1.38. The predicted molar refractivity (Wildman–Crippen MR) is 154 cm³/mol. The minimum Gasteiger partial charge on any atom is -0.397 e. The summed E-state index contributed by atoms with van der Waals surface area (Å²) < 4.78 is 0. The molecule has 1 aromatic carbocycles.